The molecule has 2 rings (SSSR count). The van der Waals surface area contributed by atoms with E-state index >= 15 is 0 Å². The Morgan fingerprint density at radius 3 is 2.68 bits per heavy atom. The van der Waals surface area contributed by atoms with E-state index in [1.807, 2.05) is 6.07 Å². The molecule has 1 atom stereocenters. The van der Waals surface area contributed by atoms with Crippen molar-refractivity contribution in [1.29, 1.82) is 0 Å². The molecular weight excluding hydrogens is 238 g/mol. The second-order valence-electron chi connectivity index (χ2n) is 5.52. The normalized spacial score (nSPS) is 19.3. The molecule has 106 valence electrons. The van der Waals surface area contributed by atoms with Crippen LogP contribution in [0, 0.1) is 5.41 Å². The average Bonchev–Trinajstić information content (AvgIpc) is 2.95. The topological polar surface area (TPSA) is 47.0 Å². The Labute approximate surface area is 116 Å². The minimum absolute atomic E-state index is 0.437. The monoisotopic (exact) mass is 263 g/mol. The standard InChI is InChI=1S/C15H25N3O/c1-4-15(7-5-6-8-15)13(16-2)9-12-10-14(19-3)18-11-17-12/h10-11,13,16H,4-9H2,1-3H3. The van der Waals surface area contributed by atoms with Gasteiger partial charge < -0.3 is 10.1 Å². The van der Waals surface area contributed by atoms with Crippen LogP contribution in [0.15, 0.2) is 12.4 Å². The maximum atomic E-state index is 5.18. The molecule has 4 nitrogen and oxygen atoms in total. The highest BCUT2D eigenvalue weighted by Crippen LogP contribution is 2.44. The van der Waals surface area contributed by atoms with E-state index in [-0.39, 0.29) is 0 Å². The van der Waals surface area contributed by atoms with Gasteiger partial charge in [-0.3, -0.25) is 0 Å². The third-order valence-corrected chi connectivity index (χ3v) is 4.71. The van der Waals surface area contributed by atoms with Crippen molar-refractivity contribution < 1.29 is 4.74 Å². The van der Waals surface area contributed by atoms with Crippen LogP contribution in [0.1, 0.15) is 44.7 Å². The summed E-state index contributed by atoms with van der Waals surface area (Å²) in [6.45, 7) is 2.32. The Bertz CT molecular complexity index is 402. The van der Waals surface area contributed by atoms with E-state index in [4.69, 9.17) is 4.74 Å². The number of nitrogens with zero attached hydrogens (tertiary/aromatic N) is 2. The van der Waals surface area contributed by atoms with Gasteiger partial charge in [-0.25, -0.2) is 9.97 Å². The highest BCUT2D eigenvalue weighted by atomic mass is 16.5. The van der Waals surface area contributed by atoms with Gasteiger partial charge in [0.15, 0.2) is 0 Å². The van der Waals surface area contributed by atoms with Crippen LogP contribution < -0.4 is 10.1 Å². The second kappa shape index (κ2) is 6.33. The number of hydrogen-bond acceptors (Lipinski definition) is 4. The first-order valence-corrected chi connectivity index (χ1v) is 7.26. The molecular formula is C15H25N3O. The summed E-state index contributed by atoms with van der Waals surface area (Å²) in [4.78, 5) is 8.45. The SMILES string of the molecule is CCC1(C(Cc2cc(OC)ncn2)NC)CCCC1. The first-order valence-electron chi connectivity index (χ1n) is 7.26. The Hall–Kier alpha value is -1.16. The molecule has 19 heavy (non-hydrogen) atoms. The lowest BCUT2D eigenvalue weighted by Crippen LogP contribution is -2.43. The predicted octanol–water partition coefficient (Wildman–Crippen LogP) is 2.59. The van der Waals surface area contributed by atoms with Crippen LogP contribution in [0.5, 0.6) is 5.88 Å². The van der Waals surface area contributed by atoms with Crippen LogP contribution in [0.2, 0.25) is 0 Å². The zero-order valence-electron chi connectivity index (χ0n) is 12.3. The zero-order valence-corrected chi connectivity index (χ0v) is 12.3. The molecule has 1 aromatic heterocycles. The van der Waals surface area contributed by atoms with Crippen molar-refractivity contribution in [1.82, 2.24) is 15.3 Å². The van der Waals surface area contributed by atoms with E-state index in [2.05, 4.69) is 29.3 Å². The minimum atomic E-state index is 0.437. The van der Waals surface area contributed by atoms with Crippen LogP contribution >= 0.6 is 0 Å². The number of methoxy groups -OCH3 is 1. The number of ether oxygens (including phenoxy) is 1. The number of rotatable bonds is 6. The van der Waals surface area contributed by atoms with E-state index in [0.717, 1.165) is 12.1 Å². The number of hydrogen-bond donors (Lipinski definition) is 1. The Balaban J connectivity index is 2.13. The largest absolute Gasteiger partial charge is 0.481 e. The molecule has 0 amide bonds. The van der Waals surface area contributed by atoms with E-state index < -0.39 is 0 Å². The molecule has 1 aliphatic rings. The molecule has 4 heteroatoms. The molecule has 0 bridgehead atoms. The van der Waals surface area contributed by atoms with Crippen molar-refractivity contribution in [3.63, 3.8) is 0 Å². The van der Waals surface area contributed by atoms with Gasteiger partial charge in [0.1, 0.15) is 6.33 Å². The summed E-state index contributed by atoms with van der Waals surface area (Å²) in [5.74, 6) is 0.650. The highest BCUT2D eigenvalue weighted by molar-refractivity contribution is 5.15. The predicted molar refractivity (Wildman–Crippen MR) is 76.3 cm³/mol. The molecule has 0 aromatic carbocycles. The summed E-state index contributed by atoms with van der Waals surface area (Å²) in [5.41, 5.74) is 1.50. The lowest BCUT2D eigenvalue weighted by atomic mass is 9.74. The number of likely N-dealkylation sites (N-methyl/N-ethyl adjacent to an activating group) is 1. The molecule has 1 N–H and O–H groups in total. The van der Waals surface area contributed by atoms with Gasteiger partial charge in [-0.2, -0.15) is 0 Å². The smallest absolute Gasteiger partial charge is 0.216 e. The summed E-state index contributed by atoms with van der Waals surface area (Å²) < 4.78 is 5.18. The van der Waals surface area contributed by atoms with E-state index in [9.17, 15) is 0 Å². The van der Waals surface area contributed by atoms with Crippen molar-refractivity contribution in [2.24, 2.45) is 5.41 Å². The molecule has 1 fully saturated rings. The third kappa shape index (κ3) is 3.06. The van der Waals surface area contributed by atoms with Gasteiger partial charge in [0.2, 0.25) is 5.88 Å². The maximum absolute atomic E-state index is 5.18. The van der Waals surface area contributed by atoms with Crippen molar-refractivity contribution in [3.05, 3.63) is 18.1 Å². The summed E-state index contributed by atoms with van der Waals surface area (Å²) in [5, 5.41) is 3.52. The summed E-state index contributed by atoms with van der Waals surface area (Å²) in [7, 11) is 3.71. The van der Waals surface area contributed by atoms with E-state index in [0.29, 0.717) is 17.3 Å². The molecule has 1 aromatic rings. The zero-order chi connectivity index (χ0) is 13.7. The Kier molecular flexibility index (Phi) is 4.75. The molecule has 1 saturated carbocycles. The first-order chi connectivity index (χ1) is 9.24. The first kappa shape index (κ1) is 14.3. The van der Waals surface area contributed by atoms with Gasteiger partial charge in [0.25, 0.3) is 0 Å². The Morgan fingerprint density at radius 2 is 2.11 bits per heavy atom. The van der Waals surface area contributed by atoms with Crippen LogP contribution in [-0.4, -0.2) is 30.2 Å². The number of aromatic nitrogens is 2. The minimum Gasteiger partial charge on any atom is -0.481 e. The maximum Gasteiger partial charge on any atom is 0.216 e. The summed E-state index contributed by atoms with van der Waals surface area (Å²) in [6, 6.07) is 2.43. The van der Waals surface area contributed by atoms with Crippen molar-refractivity contribution in [2.45, 2.75) is 51.5 Å². The van der Waals surface area contributed by atoms with Crippen LogP contribution in [0.25, 0.3) is 0 Å². The molecule has 0 saturated heterocycles. The average molecular weight is 263 g/mol. The fourth-order valence-corrected chi connectivity index (χ4v) is 3.46. The lowest BCUT2D eigenvalue weighted by molar-refractivity contribution is 0.191. The van der Waals surface area contributed by atoms with Gasteiger partial charge in [0, 0.05) is 24.2 Å². The van der Waals surface area contributed by atoms with Gasteiger partial charge in [-0.1, -0.05) is 19.8 Å². The lowest BCUT2D eigenvalue weighted by Gasteiger charge is -2.36. The molecule has 1 heterocycles. The second-order valence-corrected chi connectivity index (χ2v) is 5.52. The van der Waals surface area contributed by atoms with Crippen molar-refractivity contribution in [3.8, 4) is 5.88 Å². The van der Waals surface area contributed by atoms with Crippen molar-refractivity contribution >= 4 is 0 Å². The molecule has 1 unspecified atom stereocenters. The highest BCUT2D eigenvalue weighted by Gasteiger charge is 2.39. The molecule has 0 aliphatic heterocycles. The van der Waals surface area contributed by atoms with E-state index in [1.165, 1.54) is 32.1 Å². The fourth-order valence-electron chi connectivity index (χ4n) is 3.46. The van der Waals surface area contributed by atoms with Crippen LogP contribution in [-0.2, 0) is 6.42 Å². The van der Waals surface area contributed by atoms with Gasteiger partial charge in [0.05, 0.1) is 7.11 Å². The van der Waals surface area contributed by atoms with Crippen LogP contribution in [0.4, 0.5) is 0 Å². The fraction of sp³-hybridized carbons (Fsp3) is 0.733. The van der Waals surface area contributed by atoms with Crippen LogP contribution in [0.3, 0.4) is 0 Å². The quantitative estimate of drug-likeness (QED) is 0.857. The summed E-state index contributed by atoms with van der Waals surface area (Å²) in [6.07, 6.45) is 9.16. The third-order valence-electron chi connectivity index (χ3n) is 4.71. The Morgan fingerprint density at radius 1 is 1.37 bits per heavy atom. The summed E-state index contributed by atoms with van der Waals surface area (Å²) >= 11 is 0. The van der Waals surface area contributed by atoms with Gasteiger partial charge in [-0.15, -0.1) is 0 Å². The van der Waals surface area contributed by atoms with Gasteiger partial charge >= 0.3 is 0 Å². The molecule has 0 radical (unpaired) electrons. The molecule has 1 aliphatic carbocycles. The van der Waals surface area contributed by atoms with Crippen molar-refractivity contribution in [2.75, 3.05) is 14.2 Å². The van der Waals surface area contributed by atoms with E-state index in [1.54, 1.807) is 13.4 Å². The van der Waals surface area contributed by atoms with Gasteiger partial charge in [-0.05, 0) is 31.7 Å². The number of nitrogens with one attached hydrogen (secondary N) is 1. The molecule has 0 spiro atoms.